The molecule has 3 heterocycles. The van der Waals surface area contributed by atoms with Gasteiger partial charge in [0, 0.05) is 13.1 Å². The van der Waals surface area contributed by atoms with Crippen LogP contribution in [0.2, 0.25) is 0 Å². The first-order valence-corrected chi connectivity index (χ1v) is 9.87. The Morgan fingerprint density at radius 3 is 2.81 bits per heavy atom. The lowest BCUT2D eigenvalue weighted by atomic mass is 10.1. The molecule has 1 amide bonds. The number of ether oxygens (including phenoxy) is 1. The standard InChI is InChI=1S/C19H21N5O2S/c1-13-3-4-16(14(2)9-13)24-18-15(10-22-24)19(21-12-20-18)27-11-17(25)23-5-7-26-8-6-23/h3-4,9-10,12H,5-8,11H2,1-2H3. The summed E-state index contributed by atoms with van der Waals surface area (Å²) >= 11 is 1.43. The molecule has 7 nitrogen and oxygen atoms in total. The summed E-state index contributed by atoms with van der Waals surface area (Å²) in [4.78, 5) is 23.0. The zero-order valence-electron chi connectivity index (χ0n) is 15.4. The number of aryl methyl sites for hydroxylation is 2. The van der Waals surface area contributed by atoms with Crippen molar-refractivity contribution >= 4 is 28.7 Å². The van der Waals surface area contributed by atoms with Gasteiger partial charge in [-0.25, -0.2) is 14.6 Å². The van der Waals surface area contributed by atoms with Crippen molar-refractivity contribution in [3.8, 4) is 5.69 Å². The van der Waals surface area contributed by atoms with E-state index in [2.05, 4.69) is 41.0 Å². The number of aromatic nitrogens is 4. The van der Waals surface area contributed by atoms with Gasteiger partial charge in [-0.15, -0.1) is 0 Å². The van der Waals surface area contributed by atoms with Gasteiger partial charge < -0.3 is 9.64 Å². The van der Waals surface area contributed by atoms with Crippen LogP contribution in [-0.4, -0.2) is 62.6 Å². The Kier molecular flexibility index (Phi) is 5.09. The molecule has 1 aromatic carbocycles. The first kappa shape index (κ1) is 17.9. The minimum atomic E-state index is 0.108. The van der Waals surface area contributed by atoms with E-state index in [0.29, 0.717) is 32.1 Å². The second kappa shape index (κ2) is 7.66. The van der Waals surface area contributed by atoms with Crippen LogP contribution in [0.25, 0.3) is 16.7 Å². The maximum absolute atomic E-state index is 12.4. The van der Waals surface area contributed by atoms with Gasteiger partial charge in [0.15, 0.2) is 5.65 Å². The topological polar surface area (TPSA) is 73.1 Å². The number of fused-ring (bicyclic) bond motifs is 1. The monoisotopic (exact) mass is 383 g/mol. The van der Waals surface area contributed by atoms with E-state index in [-0.39, 0.29) is 5.91 Å². The number of carbonyl (C=O) groups is 1. The van der Waals surface area contributed by atoms with Crippen molar-refractivity contribution in [2.24, 2.45) is 0 Å². The summed E-state index contributed by atoms with van der Waals surface area (Å²) in [6.07, 6.45) is 3.31. The maximum atomic E-state index is 12.4. The predicted octanol–water partition coefficient (Wildman–Crippen LogP) is 2.38. The fourth-order valence-corrected chi connectivity index (χ4v) is 4.06. The fraction of sp³-hybridized carbons (Fsp3) is 0.368. The number of nitrogens with zero attached hydrogens (tertiary/aromatic N) is 5. The van der Waals surface area contributed by atoms with Gasteiger partial charge >= 0.3 is 0 Å². The predicted molar refractivity (Wildman–Crippen MR) is 104 cm³/mol. The quantitative estimate of drug-likeness (QED) is 0.509. The van der Waals surface area contributed by atoms with Gasteiger partial charge in [0.25, 0.3) is 0 Å². The van der Waals surface area contributed by atoms with Gasteiger partial charge in [-0.2, -0.15) is 5.10 Å². The van der Waals surface area contributed by atoms with Crippen LogP contribution in [0.5, 0.6) is 0 Å². The first-order valence-electron chi connectivity index (χ1n) is 8.88. The Morgan fingerprint density at radius 2 is 2.04 bits per heavy atom. The minimum Gasteiger partial charge on any atom is -0.378 e. The van der Waals surface area contributed by atoms with Crippen LogP contribution in [0.15, 0.2) is 35.7 Å². The van der Waals surface area contributed by atoms with E-state index < -0.39 is 0 Å². The minimum absolute atomic E-state index is 0.108. The Bertz CT molecular complexity index is 981. The normalized spacial score (nSPS) is 14.7. The Labute approximate surface area is 161 Å². The van der Waals surface area contributed by atoms with E-state index in [0.717, 1.165) is 27.3 Å². The van der Waals surface area contributed by atoms with Crippen molar-refractivity contribution in [2.75, 3.05) is 32.1 Å². The number of rotatable bonds is 4. The molecule has 140 valence electrons. The van der Waals surface area contributed by atoms with Crippen LogP contribution >= 0.6 is 11.8 Å². The summed E-state index contributed by atoms with van der Waals surface area (Å²) in [7, 11) is 0. The van der Waals surface area contributed by atoms with E-state index in [4.69, 9.17) is 4.74 Å². The fourth-order valence-electron chi connectivity index (χ4n) is 3.19. The number of thioether (sulfide) groups is 1. The summed E-state index contributed by atoms with van der Waals surface area (Å²) in [6.45, 7) is 6.66. The molecule has 2 aromatic heterocycles. The summed E-state index contributed by atoms with van der Waals surface area (Å²) in [5, 5.41) is 6.16. The van der Waals surface area contributed by atoms with Crippen molar-refractivity contribution in [3.63, 3.8) is 0 Å². The van der Waals surface area contributed by atoms with E-state index >= 15 is 0 Å². The van der Waals surface area contributed by atoms with E-state index in [1.165, 1.54) is 23.7 Å². The lowest BCUT2D eigenvalue weighted by Gasteiger charge is -2.26. The molecular weight excluding hydrogens is 362 g/mol. The molecular formula is C19H21N5O2S. The molecule has 0 unspecified atom stereocenters. The van der Waals surface area contributed by atoms with Crippen molar-refractivity contribution in [3.05, 3.63) is 41.9 Å². The Morgan fingerprint density at radius 1 is 1.22 bits per heavy atom. The molecule has 4 rings (SSSR count). The molecule has 0 N–H and O–H groups in total. The molecule has 0 radical (unpaired) electrons. The van der Waals surface area contributed by atoms with Crippen LogP contribution in [0.4, 0.5) is 0 Å². The lowest BCUT2D eigenvalue weighted by molar-refractivity contribution is -0.132. The molecule has 1 fully saturated rings. The van der Waals surface area contributed by atoms with Gasteiger partial charge in [-0.05, 0) is 25.5 Å². The smallest absolute Gasteiger partial charge is 0.233 e. The third-order valence-electron chi connectivity index (χ3n) is 4.61. The SMILES string of the molecule is Cc1ccc(-n2ncc3c(SCC(=O)N4CCOCC4)ncnc32)c(C)c1. The number of carbonyl (C=O) groups excluding carboxylic acids is 1. The zero-order chi connectivity index (χ0) is 18.8. The molecule has 1 aliphatic rings. The molecule has 0 spiro atoms. The average Bonchev–Trinajstić information content (AvgIpc) is 3.11. The maximum Gasteiger partial charge on any atom is 0.233 e. The van der Waals surface area contributed by atoms with E-state index in [9.17, 15) is 4.79 Å². The lowest BCUT2D eigenvalue weighted by Crippen LogP contribution is -2.41. The van der Waals surface area contributed by atoms with Crippen LogP contribution in [0.1, 0.15) is 11.1 Å². The summed E-state index contributed by atoms with van der Waals surface area (Å²) in [5.74, 6) is 0.456. The summed E-state index contributed by atoms with van der Waals surface area (Å²) in [6, 6.07) is 6.24. The highest BCUT2D eigenvalue weighted by atomic mass is 32.2. The Hall–Kier alpha value is -2.45. The molecule has 0 aliphatic carbocycles. The third-order valence-corrected chi connectivity index (χ3v) is 5.60. The van der Waals surface area contributed by atoms with Gasteiger partial charge in [0.05, 0.1) is 36.2 Å². The van der Waals surface area contributed by atoms with Gasteiger partial charge in [0.1, 0.15) is 11.4 Å². The van der Waals surface area contributed by atoms with Gasteiger partial charge in [-0.1, -0.05) is 29.5 Å². The van der Waals surface area contributed by atoms with Crippen LogP contribution in [0.3, 0.4) is 0 Å². The number of benzene rings is 1. The summed E-state index contributed by atoms with van der Waals surface area (Å²) < 4.78 is 7.13. The second-order valence-electron chi connectivity index (χ2n) is 6.54. The summed E-state index contributed by atoms with van der Waals surface area (Å²) in [5.41, 5.74) is 4.09. The second-order valence-corrected chi connectivity index (χ2v) is 7.51. The number of morpholine rings is 1. The Balaban J connectivity index is 1.58. The molecule has 0 atom stereocenters. The van der Waals surface area contributed by atoms with Gasteiger partial charge in [0.2, 0.25) is 5.91 Å². The zero-order valence-corrected chi connectivity index (χ0v) is 16.2. The molecule has 0 saturated carbocycles. The average molecular weight is 383 g/mol. The number of hydrogen-bond donors (Lipinski definition) is 0. The van der Waals surface area contributed by atoms with Crippen molar-refractivity contribution in [2.45, 2.75) is 18.9 Å². The van der Waals surface area contributed by atoms with Gasteiger partial charge in [-0.3, -0.25) is 4.79 Å². The highest BCUT2D eigenvalue weighted by Crippen LogP contribution is 2.27. The molecule has 27 heavy (non-hydrogen) atoms. The van der Waals surface area contributed by atoms with Crippen LogP contribution in [-0.2, 0) is 9.53 Å². The molecule has 1 saturated heterocycles. The highest BCUT2D eigenvalue weighted by molar-refractivity contribution is 8.00. The van der Waals surface area contributed by atoms with E-state index in [1.807, 2.05) is 15.6 Å². The molecule has 1 aliphatic heterocycles. The molecule has 0 bridgehead atoms. The van der Waals surface area contributed by atoms with Crippen LogP contribution < -0.4 is 0 Å². The van der Waals surface area contributed by atoms with Crippen molar-refractivity contribution < 1.29 is 9.53 Å². The number of amides is 1. The highest BCUT2D eigenvalue weighted by Gasteiger charge is 2.19. The van der Waals surface area contributed by atoms with Crippen molar-refractivity contribution in [1.29, 1.82) is 0 Å². The molecule has 3 aromatic rings. The molecule has 8 heteroatoms. The van der Waals surface area contributed by atoms with E-state index in [1.54, 1.807) is 6.20 Å². The third kappa shape index (κ3) is 3.68. The van der Waals surface area contributed by atoms with Crippen LogP contribution in [0, 0.1) is 13.8 Å². The number of hydrogen-bond acceptors (Lipinski definition) is 6. The largest absolute Gasteiger partial charge is 0.378 e. The first-order chi connectivity index (χ1) is 13.1. The van der Waals surface area contributed by atoms with Crippen molar-refractivity contribution in [1.82, 2.24) is 24.6 Å².